The van der Waals surface area contributed by atoms with Gasteiger partial charge >= 0.3 is 5.97 Å². The molecule has 5 heteroatoms. The average molecular weight is 312 g/mol. The minimum atomic E-state index is -0.330. The number of anilines is 1. The van der Waals surface area contributed by atoms with Crippen molar-refractivity contribution in [2.45, 2.75) is 13.8 Å². The van der Waals surface area contributed by atoms with Crippen molar-refractivity contribution in [2.75, 3.05) is 18.3 Å². The first kappa shape index (κ1) is 16.7. The Morgan fingerprint density at radius 3 is 2.35 bits per heavy atom. The van der Waals surface area contributed by atoms with Crippen molar-refractivity contribution in [3.63, 3.8) is 0 Å². The van der Waals surface area contributed by atoms with Gasteiger partial charge in [-0.1, -0.05) is 18.2 Å². The predicted octanol–water partition coefficient (Wildman–Crippen LogP) is 3.98. The number of ether oxygens (including phenoxy) is 1. The molecule has 0 heterocycles. The van der Waals surface area contributed by atoms with Crippen LogP contribution in [0.4, 0.5) is 11.4 Å². The monoisotopic (exact) mass is 312 g/mol. The molecule has 2 rings (SSSR count). The van der Waals surface area contributed by atoms with Gasteiger partial charge in [0.15, 0.2) is 0 Å². The molecular weight excluding hydrogens is 292 g/mol. The van der Waals surface area contributed by atoms with Crippen LogP contribution < -0.4 is 5.06 Å². The number of carbonyl (C=O) groups is 1. The summed E-state index contributed by atoms with van der Waals surface area (Å²) in [6.45, 7) is 4.59. The molecule has 2 aromatic carbocycles. The number of hydrogen-bond donors (Lipinski definition) is 0. The van der Waals surface area contributed by atoms with E-state index in [-0.39, 0.29) is 5.97 Å². The van der Waals surface area contributed by atoms with E-state index < -0.39 is 0 Å². The largest absolute Gasteiger partial charge is 0.462 e. The van der Waals surface area contributed by atoms with E-state index in [2.05, 4.69) is 4.99 Å². The molecule has 0 N–H and O–H groups in total. The molecule has 5 nitrogen and oxygen atoms in total. The Labute approximate surface area is 136 Å². The molecule has 0 bridgehead atoms. The second-order valence-corrected chi connectivity index (χ2v) is 4.59. The molecular formula is C18H20N2O3. The van der Waals surface area contributed by atoms with Gasteiger partial charge in [-0.3, -0.25) is 4.84 Å². The maximum absolute atomic E-state index is 11.6. The highest BCUT2D eigenvalue weighted by molar-refractivity contribution is 5.89. The van der Waals surface area contributed by atoms with Crippen LogP contribution in [0.5, 0.6) is 0 Å². The molecule has 0 aromatic heterocycles. The van der Waals surface area contributed by atoms with E-state index in [9.17, 15) is 4.79 Å². The lowest BCUT2D eigenvalue weighted by Crippen LogP contribution is -2.21. The van der Waals surface area contributed by atoms with Gasteiger partial charge in [-0.05, 0) is 50.2 Å². The van der Waals surface area contributed by atoms with Gasteiger partial charge in [0, 0.05) is 0 Å². The first-order valence-electron chi connectivity index (χ1n) is 7.53. The fraction of sp³-hybridized carbons (Fsp3) is 0.222. The van der Waals surface area contributed by atoms with Gasteiger partial charge in [0.1, 0.15) is 6.34 Å². The van der Waals surface area contributed by atoms with E-state index in [0.29, 0.717) is 18.8 Å². The second-order valence-electron chi connectivity index (χ2n) is 4.59. The molecule has 0 fully saturated rings. The zero-order chi connectivity index (χ0) is 16.5. The topological polar surface area (TPSA) is 51.1 Å². The number of benzene rings is 2. The van der Waals surface area contributed by atoms with Crippen molar-refractivity contribution < 1.29 is 14.4 Å². The van der Waals surface area contributed by atoms with Crippen LogP contribution in [0.3, 0.4) is 0 Å². The predicted molar refractivity (Wildman–Crippen MR) is 91.1 cm³/mol. The van der Waals surface area contributed by atoms with Crippen molar-refractivity contribution >= 4 is 23.7 Å². The molecule has 0 saturated carbocycles. The summed E-state index contributed by atoms with van der Waals surface area (Å²) in [5.41, 5.74) is 2.12. The second kappa shape index (κ2) is 8.70. The van der Waals surface area contributed by atoms with Crippen molar-refractivity contribution in [1.29, 1.82) is 0 Å². The Morgan fingerprint density at radius 2 is 1.74 bits per heavy atom. The fourth-order valence-corrected chi connectivity index (χ4v) is 1.91. The van der Waals surface area contributed by atoms with Crippen LogP contribution in [0.2, 0.25) is 0 Å². The summed E-state index contributed by atoms with van der Waals surface area (Å²) < 4.78 is 4.95. The number of rotatable bonds is 7. The Balaban J connectivity index is 2.09. The standard InChI is InChI=1S/C18H20N2O3/c1-3-22-18(21)15-10-12-16(13-11-15)19-14-20(23-4-2)17-8-6-5-7-9-17/h5-14H,3-4H2,1-2H3. The Bertz CT molecular complexity index is 639. The molecule has 0 amide bonds. The van der Waals surface area contributed by atoms with E-state index >= 15 is 0 Å². The van der Waals surface area contributed by atoms with E-state index in [1.54, 1.807) is 42.6 Å². The molecule has 0 aliphatic rings. The Kier molecular flexibility index (Phi) is 6.32. The lowest BCUT2D eigenvalue weighted by molar-refractivity contribution is 0.0526. The summed E-state index contributed by atoms with van der Waals surface area (Å²) in [5, 5.41) is 1.61. The first-order valence-corrected chi connectivity index (χ1v) is 7.53. The van der Waals surface area contributed by atoms with Gasteiger partial charge < -0.3 is 4.74 Å². The van der Waals surface area contributed by atoms with E-state index in [1.807, 2.05) is 37.3 Å². The fourth-order valence-electron chi connectivity index (χ4n) is 1.91. The Morgan fingerprint density at radius 1 is 1.04 bits per heavy atom. The normalized spacial score (nSPS) is 10.7. The van der Waals surface area contributed by atoms with Crippen molar-refractivity contribution in [3.8, 4) is 0 Å². The molecule has 120 valence electrons. The maximum Gasteiger partial charge on any atom is 0.338 e. The first-order chi connectivity index (χ1) is 11.2. The molecule has 23 heavy (non-hydrogen) atoms. The summed E-state index contributed by atoms with van der Waals surface area (Å²) in [6, 6.07) is 16.6. The number of hydrogen-bond acceptors (Lipinski definition) is 4. The number of aliphatic imine (C=N–C) groups is 1. The third kappa shape index (κ3) is 4.93. The molecule has 0 unspecified atom stereocenters. The lowest BCUT2D eigenvalue weighted by atomic mass is 10.2. The lowest BCUT2D eigenvalue weighted by Gasteiger charge is -2.17. The van der Waals surface area contributed by atoms with Crippen LogP contribution in [-0.2, 0) is 9.57 Å². The molecule has 0 spiro atoms. The highest BCUT2D eigenvalue weighted by Crippen LogP contribution is 2.16. The van der Waals surface area contributed by atoms with E-state index in [0.717, 1.165) is 11.4 Å². The van der Waals surface area contributed by atoms with Crippen LogP contribution in [-0.4, -0.2) is 25.5 Å². The SMILES string of the molecule is CCOC(=O)c1ccc(N=CN(OCC)c2ccccc2)cc1. The van der Waals surface area contributed by atoms with E-state index in [4.69, 9.17) is 9.57 Å². The number of hydroxylamine groups is 1. The minimum Gasteiger partial charge on any atom is -0.462 e. The van der Waals surface area contributed by atoms with Crippen LogP contribution in [0.15, 0.2) is 59.6 Å². The van der Waals surface area contributed by atoms with Gasteiger partial charge in [-0.2, -0.15) is 0 Å². The van der Waals surface area contributed by atoms with E-state index in [1.165, 1.54) is 0 Å². The van der Waals surface area contributed by atoms with Gasteiger partial charge in [-0.15, -0.1) is 0 Å². The quantitative estimate of drug-likeness (QED) is 0.336. The number of carbonyl (C=O) groups excluding carboxylic acids is 1. The third-order valence-corrected chi connectivity index (χ3v) is 2.97. The van der Waals surface area contributed by atoms with Gasteiger partial charge in [0.2, 0.25) is 0 Å². The molecule has 2 aromatic rings. The molecule has 0 atom stereocenters. The van der Waals surface area contributed by atoms with Crippen molar-refractivity contribution in [1.82, 2.24) is 0 Å². The van der Waals surface area contributed by atoms with Crippen LogP contribution in [0.1, 0.15) is 24.2 Å². The van der Waals surface area contributed by atoms with Crippen molar-refractivity contribution in [3.05, 3.63) is 60.2 Å². The zero-order valence-corrected chi connectivity index (χ0v) is 13.3. The van der Waals surface area contributed by atoms with Crippen molar-refractivity contribution in [2.24, 2.45) is 4.99 Å². The summed E-state index contributed by atoms with van der Waals surface area (Å²) in [4.78, 5) is 21.5. The van der Waals surface area contributed by atoms with Crippen LogP contribution in [0.25, 0.3) is 0 Å². The molecule has 0 aliphatic carbocycles. The summed E-state index contributed by atoms with van der Waals surface area (Å²) in [5.74, 6) is -0.330. The Hall–Kier alpha value is -2.66. The zero-order valence-electron chi connectivity index (χ0n) is 13.3. The summed E-state index contributed by atoms with van der Waals surface area (Å²) >= 11 is 0. The molecule has 0 aliphatic heterocycles. The van der Waals surface area contributed by atoms with Crippen LogP contribution in [0, 0.1) is 0 Å². The number of nitrogens with zero attached hydrogens (tertiary/aromatic N) is 2. The average Bonchev–Trinajstić information content (AvgIpc) is 2.60. The summed E-state index contributed by atoms with van der Waals surface area (Å²) in [7, 11) is 0. The summed E-state index contributed by atoms with van der Waals surface area (Å²) in [6.07, 6.45) is 1.61. The molecule has 0 radical (unpaired) electrons. The van der Waals surface area contributed by atoms with Gasteiger partial charge in [0.25, 0.3) is 0 Å². The number of esters is 1. The van der Waals surface area contributed by atoms with Gasteiger partial charge in [0.05, 0.1) is 30.2 Å². The number of para-hydroxylation sites is 1. The highest BCUT2D eigenvalue weighted by Gasteiger charge is 2.06. The smallest absolute Gasteiger partial charge is 0.338 e. The molecule has 0 saturated heterocycles. The maximum atomic E-state index is 11.6. The van der Waals surface area contributed by atoms with Gasteiger partial charge in [-0.25, -0.2) is 14.9 Å². The minimum absolute atomic E-state index is 0.330. The third-order valence-electron chi connectivity index (χ3n) is 2.97. The highest BCUT2D eigenvalue weighted by atomic mass is 16.7. The van der Waals surface area contributed by atoms with Crippen LogP contribution >= 0.6 is 0 Å².